The van der Waals surface area contributed by atoms with Crippen LogP contribution in [0.5, 0.6) is 0 Å². The Morgan fingerprint density at radius 3 is 3.00 bits per heavy atom. The highest BCUT2D eigenvalue weighted by Crippen LogP contribution is 2.39. The second-order valence-electron chi connectivity index (χ2n) is 6.53. The third kappa shape index (κ3) is 3.11. The second kappa shape index (κ2) is 6.15. The van der Waals surface area contributed by atoms with Gasteiger partial charge in [0.05, 0.1) is 11.1 Å². The van der Waals surface area contributed by atoms with Gasteiger partial charge in [-0.3, -0.25) is 4.98 Å². The predicted octanol–water partition coefficient (Wildman–Crippen LogP) is 4.80. The quantitative estimate of drug-likeness (QED) is 0.821. The van der Waals surface area contributed by atoms with E-state index >= 15 is 0 Å². The molecule has 2 aromatic rings. The molecule has 1 N–H and O–H groups in total. The summed E-state index contributed by atoms with van der Waals surface area (Å²) in [5.41, 5.74) is 1.37. The van der Waals surface area contributed by atoms with E-state index in [9.17, 15) is 5.11 Å². The van der Waals surface area contributed by atoms with Gasteiger partial charge < -0.3 is 5.11 Å². The van der Waals surface area contributed by atoms with Gasteiger partial charge in [0.15, 0.2) is 0 Å². The van der Waals surface area contributed by atoms with Gasteiger partial charge in [0.1, 0.15) is 0 Å². The third-order valence-corrected chi connectivity index (χ3v) is 5.01. The fourth-order valence-corrected chi connectivity index (χ4v) is 3.74. The zero-order chi connectivity index (χ0) is 14.7. The Balaban J connectivity index is 1.85. The molecule has 2 nitrogen and oxygen atoms in total. The lowest BCUT2D eigenvalue weighted by Crippen LogP contribution is -2.24. The molecule has 2 unspecified atom stereocenters. The minimum atomic E-state index is -0.659. The smallest absolute Gasteiger partial charge is 0.0897 e. The van der Waals surface area contributed by atoms with E-state index in [4.69, 9.17) is 0 Å². The molecule has 0 radical (unpaired) electrons. The largest absolute Gasteiger partial charge is 0.385 e. The van der Waals surface area contributed by atoms with E-state index in [1.165, 1.54) is 19.3 Å². The van der Waals surface area contributed by atoms with Gasteiger partial charge in [-0.25, -0.2) is 0 Å². The number of benzene rings is 1. The maximum Gasteiger partial charge on any atom is 0.0897 e. The van der Waals surface area contributed by atoms with Gasteiger partial charge in [-0.2, -0.15) is 0 Å². The standard InChI is InChI=1S/C19H25NO/c1-2-5-15-6-3-11-19(21,12-10-15)17-9-8-16-7-4-13-20-18(16)14-17/h4,7-9,13-15,21H,2-3,5-6,10-12H2,1H3. The Morgan fingerprint density at radius 1 is 1.24 bits per heavy atom. The summed E-state index contributed by atoms with van der Waals surface area (Å²) in [5.74, 6) is 0.794. The molecule has 0 spiro atoms. The molecule has 1 aliphatic rings. The van der Waals surface area contributed by atoms with Crippen molar-refractivity contribution in [3.63, 3.8) is 0 Å². The fourth-order valence-electron chi connectivity index (χ4n) is 3.74. The molecule has 0 bridgehead atoms. The lowest BCUT2D eigenvalue weighted by molar-refractivity contribution is 0.0196. The molecule has 1 fully saturated rings. The van der Waals surface area contributed by atoms with Crippen molar-refractivity contribution in [2.24, 2.45) is 5.92 Å². The van der Waals surface area contributed by atoms with E-state index in [2.05, 4.69) is 36.2 Å². The number of pyridine rings is 1. The number of aromatic nitrogens is 1. The average molecular weight is 283 g/mol. The van der Waals surface area contributed by atoms with Crippen LogP contribution in [0.1, 0.15) is 57.4 Å². The Labute approximate surface area is 127 Å². The van der Waals surface area contributed by atoms with Crippen molar-refractivity contribution < 1.29 is 5.11 Å². The first-order valence-electron chi connectivity index (χ1n) is 8.29. The molecule has 2 heteroatoms. The van der Waals surface area contributed by atoms with Crippen LogP contribution in [0.2, 0.25) is 0 Å². The molecule has 21 heavy (non-hydrogen) atoms. The van der Waals surface area contributed by atoms with Gasteiger partial charge in [-0.05, 0) is 49.3 Å². The molecular formula is C19H25NO. The number of rotatable bonds is 3. The Kier molecular flexibility index (Phi) is 4.25. The molecule has 1 aromatic heterocycles. The summed E-state index contributed by atoms with van der Waals surface area (Å²) < 4.78 is 0. The molecule has 0 aliphatic heterocycles. The average Bonchev–Trinajstić information content (AvgIpc) is 2.70. The van der Waals surface area contributed by atoms with Crippen LogP contribution in [-0.4, -0.2) is 10.1 Å². The number of nitrogens with zero attached hydrogens (tertiary/aromatic N) is 1. The van der Waals surface area contributed by atoms with E-state index in [1.54, 1.807) is 0 Å². The minimum absolute atomic E-state index is 0.659. The zero-order valence-electron chi connectivity index (χ0n) is 12.9. The highest BCUT2D eigenvalue weighted by Gasteiger charge is 2.32. The number of fused-ring (bicyclic) bond motifs is 1. The maximum absolute atomic E-state index is 11.1. The Morgan fingerprint density at radius 2 is 2.14 bits per heavy atom. The van der Waals surface area contributed by atoms with Crippen LogP contribution in [0.3, 0.4) is 0 Å². The maximum atomic E-state index is 11.1. The van der Waals surface area contributed by atoms with Gasteiger partial charge in [0.2, 0.25) is 0 Å². The van der Waals surface area contributed by atoms with Gasteiger partial charge >= 0.3 is 0 Å². The number of hydrogen-bond acceptors (Lipinski definition) is 2. The lowest BCUT2D eigenvalue weighted by Gasteiger charge is -2.27. The van der Waals surface area contributed by atoms with Gasteiger partial charge in [0, 0.05) is 11.6 Å². The molecule has 0 amide bonds. The van der Waals surface area contributed by atoms with Crippen molar-refractivity contribution in [2.45, 2.75) is 57.5 Å². The van der Waals surface area contributed by atoms with Crippen molar-refractivity contribution in [2.75, 3.05) is 0 Å². The van der Waals surface area contributed by atoms with Crippen molar-refractivity contribution in [3.8, 4) is 0 Å². The summed E-state index contributed by atoms with van der Waals surface area (Å²) in [6.45, 7) is 2.26. The second-order valence-corrected chi connectivity index (χ2v) is 6.53. The first-order chi connectivity index (χ1) is 10.2. The van der Waals surface area contributed by atoms with Crippen LogP contribution < -0.4 is 0 Å². The monoisotopic (exact) mass is 283 g/mol. The van der Waals surface area contributed by atoms with E-state index in [-0.39, 0.29) is 0 Å². The molecule has 112 valence electrons. The SMILES string of the molecule is CCCC1CCCC(O)(c2ccc3cccnc3c2)CC1. The van der Waals surface area contributed by atoms with E-state index in [0.29, 0.717) is 0 Å². The minimum Gasteiger partial charge on any atom is -0.385 e. The third-order valence-electron chi connectivity index (χ3n) is 5.01. The molecule has 1 aliphatic carbocycles. The van der Waals surface area contributed by atoms with Crippen LogP contribution in [-0.2, 0) is 5.60 Å². The van der Waals surface area contributed by atoms with Gasteiger partial charge in [0.25, 0.3) is 0 Å². The van der Waals surface area contributed by atoms with Crippen LogP contribution in [0.15, 0.2) is 36.5 Å². The molecular weight excluding hydrogens is 258 g/mol. The first kappa shape index (κ1) is 14.5. The van der Waals surface area contributed by atoms with Gasteiger partial charge in [-0.15, -0.1) is 0 Å². The van der Waals surface area contributed by atoms with Crippen LogP contribution in [0.25, 0.3) is 10.9 Å². The van der Waals surface area contributed by atoms with Crippen molar-refractivity contribution in [3.05, 3.63) is 42.1 Å². The summed E-state index contributed by atoms with van der Waals surface area (Å²) in [4.78, 5) is 4.42. The van der Waals surface area contributed by atoms with Crippen molar-refractivity contribution in [1.82, 2.24) is 4.98 Å². The number of aliphatic hydroxyl groups is 1. The van der Waals surface area contributed by atoms with E-state index < -0.39 is 5.60 Å². The highest BCUT2D eigenvalue weighted by molar-refractivity contribution is 5.79. The summed E-state index contributed by atoms with van der Waals surface area (Å²) in [7, 11) is 0. The van der Waals surface area contributed by atoms with E-state index in [0.717, 1.165) is 48.1 Å². The Bertz CT molecular complexity index is 609. The normalized spacial score (nSPS) is 26.7. The van der Waals surface area contributed by atoms with Crippen LogP contribution >= 0.6 is 0 Å². The Hall–Kier alpha value is -1.41. The summed E-state index contributed by atoms with van der Waals surface area (Å²) in [6.07, 6.45) is 9.68. The molecule has 2 atom stereocenters. The first-order valence-corrected chi connectivity index (χ1v) is 8.29. The van der Waals surface area contributed by atoms with Crippen LogP contribution in [0, 0.1) is 5.92 Å². The summed E-state index contributed by atoms with van der Waals surface area (Å²) in [6, 6.07) is 10.3. The zero-order valence-corrected chi connectivity index (χ0v) is 12.9. The van der Waals surface area contributed by atoms with E-state index in [1.807, 2.05) is 12.3 Å². The highest BCUT2D eigenvalue weighted by atomic mass is 16.3. The summed E-state index contributed by atoms with van der Waals surface area (Å²) in [5, 5.41) is 12.3. The van der Waals surface area contributed by atoms with Crippen molar-refractivity contribution >= 4 is 10.9 Å². The topological polar surface area (TPSA) is 33.1 Å². The van der Waals surface area contributed by atoms with Crippen LogP contribution in [0.4, 0.5) is 0 Å². The summed E-state index contributed by atoms with van der Waals surface area (Å²) >= 11 is 0. The molecule has 1 aromatic carbocycles. The molecule has 0 saturated heterocycles. The lowest BCUT2D eigenvalue weighted by atomic mass is 9.85. The fraction of sp³-hybridized carbons (Fsp3) is 0.526. The van der Waals surface area contributed by atoms with Gasteiger partial charge in [-0.1, -0.05) is 44.4 Å². The number of hydrogen-bond donors (Lipinski definition) is 1. The molecule has 1 saturated carbocycles. The van der Waals surface area contributed by atoms with Crippen molar-refractivity contribution in [1.29, 1.82) is 0 Å². The molecule has 1 heterocycles. The predicted molar refractivity (Wildman–Crippen MR) is 87.1 cm³/mol. The molecule has 3 rings (SSSR count).